The number of aryl methyl sites for hydroxylation is 1. The molecule has 1 unspecified atom stereocenters. The molecule has 1 atom stereocenters. The lowest BCUT2D eigenvalue weighted by molar-refractivity contribution is 0.0789. The van der Waals surface area contributed by atoms with Gasteiger partial charge in [-0.15, -0.1) is 0 Å². The third-order valence-corrected chi connectivity index (χ3v) is 3.59. The zero-order valence-electron chi connectivity index (χ0n) is 10.5. The summed E-state index contributed by atoms with van der Waals surface area (Å²) in [7, 11) is 0. The number of amides is 1. The molecule has 6 heteroatoms. The van der Waals surface area contributed by atoms with Crippen LogP contribution in [0.15, 0.2) is 12.1 Å². The van der Waals surface area contributed by atoms with Gasteiger partial charge in [-0.1, -0.05) is 11.6 Å². The van der Waals surface area contributed by atoms with Crippen LogP contribution in [0.4, 0.5) is 4.39 Å². The van der Waals surface area contributed by atoms with Gasteiger partial charge < -0.3 is 15.2 Å². The van der Waals surface area contributed by atoms with E-state index in [0.717, 1.165) is 6.07 Å². The molecule has 104 valence electrons. The molecule has 1 heterocycles. The van der Waals surface area contributed by atoms with Crippen molar-refractivity contribution in [2.75, 3.05) is 19.8 Å². The van der Waals surface area contributed by atoms with Gasteiger partial charge in [-0.3, -0.25) is 4.79 Å². The van der Waals surface area contributed by atoms with Crippen molar-refractivity contribution in [3.8, 4) is 0 Å². The second-order valence-corrected chi connectivity index (χ2v) is 5.18. The monoisotopic (exact) mass is 287 g/mol. The molecule has 1 saturated heterocycles. The molecule has 4 nitrogen and oxygen atoms in total. The first-order chi connectivity index (χ1) is 8.97. The molecule has 2 N–H and O–H groups in total. The Morgan fingerprint density at radius 2 is 2.37 bits per heavy atom. The molecule has 0 aromatic heterocycles. The lowest BCUT2D eigenvalue weighted by Crippen LogP contribution is -2.52. The van der Waals surface area contributed by atoms with Crippen molar-refractivity contribution in [3.05, 3.63) is 34.1 Å². The summed E-state index contributed by atoms with van der Waals surface area (Å²) in [4.78, 5) is 12.2. The second kappa shape index (κ2) is 5.45. The number of benzene rings is 1. The summed E-state index contributed by atoms with van der Waals surface area (Å²) in [5.41, 5.74) is -0.238. The molecule has 1 fully saturated rings. The van der Waals surface area contributed by atoms with Gasteiger partial charge in [0.05, 0.1) is 29.3 Å². The van der Waals surface area contributed by atoms with Crippen LogP contribution < -0.4 is 5.32 Å². The molecular weight excluding hydrogens is 273 g/mol. The molecule has 0 radical (unpaired) electrons. The largest absolute Gasteiger partial charge is 0.394 e. The van der Waals surface area contributed by atoms with Gasteiger partial charge in [0.25, 0.3) is 5.91 Å². The summed E-state index contributed by atoms with van der Waals surface area (Å²) in [6, 6.07) is 2.51. The van der Waals surface area contributed by atoms with Crippen LogP contribution >= 0.6 is 11.6 Å². The van der Waals surface area contributed by atoms with Crippen molar-refractivity contribution in [2.45, 2.75) is 18.9 Å². The first kappa shape index (κ1) is 14.2. The van der Waals surface area contributed by atoms with Crippen molar-refractivity contribution in [2.24, 2.45) is 0 Å². The minimum absolute atomic E-state index is 0.0487. The van der Waals surface area contributed by atoms with Crippen LogP contribution in [0.5, 0.6) is 0 Å². The second-order valence-electron chi connectivity index (χ2n) is 4.78. The summed E-state index contributed by atoms with van der Waals surface area (Å²) in [6.07, 6.45) is 0.535. The maximum atomic E-state index is 13.3. The van der Waals surface area contributed by atoms with Crippen LogP contribution in [-0.2, 0) is 4.74 Å². The molecule has 1 aliphatic heterocycles. The number of aliphatic hydroxyl groups excluding tert-OH is 1. The average Bonchev–Trinajstić information content (AvgIpc) is 2.83. The summed E-state index contributed by atoms with van der Waals surface area (Å²) in [5, 5.41) is 12.2. The van der Waals surface area contributed by atoms with Gasteiger partial charge in [0.2, 0.25) is 0 Å². The van der Waals surface area contributed by atoms with E-state index in [-0.39, 0.29) is 23.8 Å². The van der Waals surface area contributed by atoms with E-state index in [1.165, 1.54) is 6.07 Å². The molecule has 0 aliphatic carbocycles. The number of rotatable bonds is 3. The standard InChI is InChI=1S/C13H15ClFNO3/c1-8-4-9(10(14)5-11(8)15)12(18)16-13(6-17)2-3-19-7-13/h4-5,17H,2-3,6-7H2,1H3,(H,16,18). The predicted octanol–water partition coefficient (Wildman–Crippen LogP) is 1.67. The maximum Gasteiger partial charge on any atom is 0.253 e. The Hall–Kier alpha value is -1.17. The number of aliphatic hydroxyl groups is 1. The lowest BCUT2D eigenvalue weighted by Gasteiger charge is -2.26. The van der Waals surface area contributed by atoms with E-state index in [4.69, 9.17) is 16.3 Å². The minimum atomic E-state index is -0.775. The third-order valence-electron chi connectivity index (χ3n) is 3.28. The smallest absolute Gasteiger partial charge is 0.253 e. The molecule has 0 spiro atoms. The molecular formula is C13H15ClFNO3. The van der Waals surface area contributed by atoms with Gasteiger partial charge in [0.15, 0.2) is 0 Å². The normalized spacial score (nSPS) is 22.5. The van der Waals surface area contributed by atoms with E-state index in [0.29, 0.717) is 18.6 Å². The van der Waals surface area contributed by atoms with E-state index in [9.17, 15) is 14.3 Å². The van der Waals surface area contributed by atoms with Gasteiger partial charge in [0.1, 0.15) is 5.82 Å². The molecule has 1 amide bonds. The van der Waals surface area contributed by atoms with Gasteiger partial charge in [-0.2, -0.15) is 0 Å². The molecule has 0 saturated carbocycles. The van der Waals surface area contributed by atoms with Crippen LogP contribution in [0.1, 0.15) is 22.3 Å². The number of carbonyl (C=O) groups excluding carboxylic acids is 1. The van der Waals surface area contributed by atoms with Gasteiger partial charge >= 0.3 is 0 Å². The molecule has 1 aromatic rings. The Morgan fingerprint density at radius 1 is 1.63 bits per heavy atom. The zero-order chi connectivity index (χ0) is 14.0. The van der Waals surface area contributed by atoms with Crippen LogP contribution in [0.3, 0.4) is 0 Å². The van der Waals surface area contributed by atoms with E-state index in [1.807, 2.05) is 0 Å². The molecule has 1 aliphatic rings. The molecule has 2 rings (SSSR count). The Balaban J connectivity index is 2.22. The number of hydrogen-bond donors (Lipinski definition) is 2. The van der Waals surface area contributed by atoms with Gasteiger partial charge in [-0.05, 0) is 31.0 Å². The number of hydrogen-bond acceptors (Lipinski definition) is 3. The number of nitrogens with one attached hydrogen (secondary N) is 1. The van der Waals surface area contributed by atoms with Crippen molar-refractivity contribution in [3.63, 3.8) is 0 Å². The fourth-order valence-corrected chi connectivity index (χ4v) is 2.25. The van der Waals surface area contributed by atoms with Crippen molar-refractivity contribution in [1.82, 2.24) is 5.32 Å². The Labute approximate surface area is 115 Å². The summed E-state index contributed by atoms with van der Waals surface area (Å²) in [6.45, 7) is 2.09. The Kier molecular flexibility index (Phi) is 4.08. The van der Waals surface area contributed by atoms with Crippen LogP contribution in [0.25, 0.3) is 0 Å². The zero-order valence-corrected chi connectivity index (χ0v) is 11.3. The Morgan fingerprint density at radius 3 is 2.95 bits per heavy atom. The lowest BCUT2D eigenvalue weighted by atomic mass is 9.99. The highest BCUT2D eigenvalue weighted by atomic mass is 35.5. The number of ether oxygens (including phenoxy) is 1. The number of carbonyl (C=O) groups is 1. The summed E-state index contributed by atoms with van der Waals surface area (Å²) in [5.74, 6) is -0.893. The van der Waals surface area contributed by atoms with E-state index >= 15 is 0 Å². The van der Waals surface area contributed by atoms with Crippen molar-refractivity contribution >= 4 is 17.5 Å². The van der Waals surface area contributed by atoms with Gasteiger partial charge in [0, 0.05) is 6.61 Å². The van der Waals surface area contributed by atoms with Crippen LogP contribution in [-0.4, -0.2) is 36.4 Å². The molecule has 1 aromatic carbocycles. The highest BCUT2D eigenvalue weighted by Gasteiger charge is 2.36. The third kappa shape index (κ3) is 2.88. The van der Waals surface area contributed by atoms with Crippen LogP contribution in [0, 0.1) is 12.7 Å². The minimum Gasteiger partial charge on any atom is -0.394 e. The van der Waals surface area contributed by atoms with E-state index in [2.05, 4.69) is 5.32 Å². The molecule has 0 bridgehead atoms. The SMILES string of the molecule is Cc1cc(C(=O)NC2(CO)CCOC2)c(Cl)cc1F. The van der Waals surface area contributed by atoms with Crippen LogP contribution in [0.2, 0.25) is 5.02 Å². The highest BCUT2D eigenvalue weighted by molar-refractivity contribution is 6.33. The first-order valence-corrected chi connectivity index (χ1v) is 6.32. The van der Waals surface area contributed by atoms with E-state index in [1.54, 1.807) is 6.92 Å². The van der Waals surface area contributed by atoms with Crippen molar-refractivity contribution in [1.29, 1.82) is 0 Å². The van der Waals surface area contributed by atoms with Crippen molar-refractivity contribution < 1.29 is 19.0 Å². The fourth-order valence-electron chi connectivity index (χ4n) is 2.01. The summed E-state index contributed by atoms with van der Waals surface area (Å²) < 4.78 is 18.5. The Bertz CT molecular complexity index is 501. The van der Waals surface area contributed by atoms with E-state index < -0.39 is 17.3 Å². The molecule has 19 heavy (non-hydrogen) atoms. The van der Waals surface area contributed by atoms with Gasteiger partial charge in [-0.25, -0.2) is 4.39 Å². The topological polar surface area (TPSA) is 58.6 Å². The summed E-state index contributed by atoms with van der Waals surface area (Å²) >= 11 is 5.88. The first-order valence-electron chi connectivity index (χ1n) is 5.94. The number of halogens is 2. The quantitative estimate of drug-likeness (QED) is 0.889. The maximum absolute atomic E-state index is 13.3. The average molecular weight is 288 g/mol. The predicted molar refractivity (Wildman–Crippen MR) is 68.9 cm³/mol. The fraction of sp³-hybridized carbons (Fsp3) is 0.462. The highest BCUT2D eigenvalue weighted by Crippen LogP contribution is 2.23.